The van der Waals surface area contributed by atoms with Crippen LogP contribution in [0.3, 0.4) is 0 Å². The number of rotatable bonds is 3. The molecule has 1 aliphatic heterocycles. The SMILES string of the molecule is CN(C(=O)c1ccc(NN)cn1)C1CCOC1. The number of aromatic nitrogens is 1. The van der Waals surface area contributed by atoms with Crippen molar-refractivity contribution in [2.45, 2.75) is 12.5 Å². The number of ether oxygens (including phenoxy) is 1. The number of carbonyl (C=O) groups excluding carboxylic acids is 1. The van der Waals surface area contributed by atoms with E-state index in [0.29, 0.717) is 24.6 Å². The van der Waals surface area contributed by atoms with Crippen molar-refractivity contribution >= 4 is 11.6 Å². The molecule has 6 nitrogen and oxygen atoms in total. The first kappa shape index (κ1) is 11.8. The third-order valence-corrected chi connectivity index (χ3v) is 2.92. The van der Waals surface area contributed by atoms with Crippen LogP contribution < -0.4 is 11.3 Å². The number of likely N-dealkylation sites (N-methyl/N-ethyl adjacent to an activating group) is 1. The zero-order chi connectivity index (χ0) is 12.3. The largest absolute Gasteiger partial charge is 0.379 e. The average Bonchev–Trinajstić information content (AvgIpc) is 2.91. The molecule has 0 aromatic carbocycles. The van der Waals surface area contributed by atoms with Crippen LogP contribution in [0.2, 0.25) is 0 Å². The third-order valence-electron chi connectivity index (χ3n) is 2.92. The van der Waals surface area contributed by atoms with Gasteiger partial charge in [-0.05, 0) is 18.6 Å². The predicted octanol–water partition coefficient (Wildman–Crippen LogP) is 0.228. The Morgan fingerprint density at radius 2 is 2.47 bits per heavy atom. The molecule has 0 radical (unpaired) electrons. The van der Waals surface area contributed by atoms with Gasteiger partial charge >= 0.3 is 0 Å². The zero-order valence-corrected chi connectivity index (χ0v) is 9.72. The maximum absolute atomic E-state index is 12.1. The summed E-state index contributed by atoms with van der Waals surface area (Å²) in [5.74, 6) is 5.14. The number of hydrazine groups is 1. The van der Waals surface area contributed by atoms with Gasteiger partial charge in [-0.2, -0.15) is 0 Å². The summed E-state index contributed by atoms with van der Waals surface area (Å²) in [6.45, 7) is 1.32. The lowest BCUT2D eigenvalue weighted by Gasteiger charge is -2.22. The lowest BCUT2D eigenvalue weighted by Crippen LogP contribution is -2.37. The summed E-state index contributed by atoms with van der Waals surface area (Å²) < 4.78 is 5.26. The summed E-state index contributed by atoms with van der Waals surface area (Å²) in [6, 6.07) is 3.53. The van der Waals surface area contributed by atoms with Crippen LogP contribution >= 0.6 is 0 Å². The summed E-state index contributed by atoms with van der Waals surface area (Å²) >= 11 is 0. The number of nitrogens with zero attached hydrogens (tertiary/aromatic N) is 2. The molecule has 1 unspecified atom stereocenters. The molecule has 1 amide bonds. The smallest absolute Gasteiger partial charge is 0.272 e. The van der Waals surface area contributed by atoms with Crippen LogP contribution in [0, 0.1) is 0 Å². The second-order valence-corrected chi connectivity index (χ2v) is 4.01. The number of hydrogen-bond acceptors (Lipinski definition) is 5. The lowest BCUT2D eigenvalue weighted by molar-refractivity contribution is 0.0705. The minimum atomic E-state index is -0.0935. The number of nitrogens with two attached hydrogens (primary N) is 1. The molecular weight excluding hydrogens is 220 g/mol. The molecule has 1 aromatic heterocycles. The summed E-state index contributed by atoms with van der Waals surface area (Å²) in [5, 5.41) is 0. The molecule has 1 aromatic rings. The van der Waals surface area contributed by atoms with Crippen LogP contribution in [0.1, 0.15) is 16.9 Å². The summed E-state index contributed by atoms with van der Waals surface area (Å²) in [7, 11) is 1.78. The Bertz CT molecular complexity index is 387. The first-order chi connectivity index (χ1) is 8.22. The molecule has 2 heterocycles. The quantitative estimate of drug-likeness (QED) is 0.580. The van der Waals surface area contributed by atoms with Gasteiger partial charge in [-0.3, -0.25) is 10.6 Å². The van der Waals surface area contributed by atoms with E-state index >= 15 is 0 Å². The van der Waals surface area contributed by atoms with Gasteiger partial charge in [-0.1, -0.05) is 0 Å². The normalized spacial score (nSPS) is 19.1. The van der Waals surface area contributed by atoms with Crippen molar-refractivity contribution in [2.75, 3.05) is 25.7 Å². The van der Waals surface area contributed by atoms with Crippen molar-refractivity contribution in [3.8, 4) is 0 Å². The molecule has 17 heavy (non-hydrogen) atoms. The topological polar surface area (TPSA) is 80.5 Å². The van der Waals surface area contributed by atoms with Gasteiger partial charge < -0.3 is 15.1 Å². The second-order valence-electron chi connectivity index (χ2n) is 4.01. The van der Waals surface area contributed by atoms with Gasteiger partial charge in [0, 0.05) is 13.7 Å². The summed E-state index contributed by atoms with van der Waals surface area (Å²) in [5.41, 5.74) is 3.56. The fourth-order valence-corrected chi connectivity index (χ4v) is 1.78. The Morgan fingerprint density at radius 1 is 1.65 bits per heavy atom. The summed E-state index contributed by atoms with van der Waals surface area (Å²) in [6.07, 6.45) is 2.41. The van der Waals surface area contributed by atoms with Gasteiger partial charge in [0.2, 0.25) is 0 Å². The minimum absolute atomic E-state index is 0.0935. The van der Waals surface area contributed by atoms with Gasteiger partial charge in [0.25, 0.3) is 5.91 Å². The number of hydrogen-bond donors (Lipinski definition) is 2. The number of carbonyl (C=O) groups is 1. The van der Waals surface area contributed by atoms with E-state index in [1.54, 1.807) is 24.1 Å². The molecule has 2 rings (SSSR count). The molecule has 6 heteroatoms. The van der Waals surface area contributed by atoms with Crippen molar-refractivity contribution in [1.82, 2.24) is 9.88 Å². The highest BCUT2D eigenvalue weighted by Gasteiger charge is 2.25. The van der Waals surface area contributed by atoms with E-state index in [-0.39, 0.29) is 11.9 Å². The Hall–Kier alpha value is -1.66. The van der Waals surface area contributed by atoms with Crippen LogP contribution in [0.5, 0.6) is 0 Å². The molecule has 0 aliphatic carbocycles. The predicted molar refractivity (Wildman–Crippen MR) is 63.4 cm³/mol. The molecule has 1 atom stereocenters. The van der Waals surface area contributed by atoms with Crippen LogP contribution in [0.25, 0.3) is 0 Å². The molecular formula is C11H16N4O2. The van der Waals surface area contributed by atoms with Crippen molar-refractivity contribution in [3.05, 3.63) is 24.0 Å². The average molecular weight is 236 g/mol. The molecule has 1 fully saturated rings. The number of pyridine rings is 1. The van der Waals surface area contributed by atoms with Crippen molar-refractivity contribution in [1.29, 1.82) is 0 Å². The highest BCUT2D eigenvalue weighted by atomic mass is 16.5. The van der Waals surface area contributed by atoms with Gasteiger partial charge in [0.15, 0.2) is 0 Å². The Kier molecular flexibility index (Phi) is 3.55. The molecule has 3 N–H and O–H groups in total. The molecule has 0 spiro atoms. The Labute approximate surface area is 99.7 Å². The minimum Gasteiger partial charge on any atom is -0.379 e. The number of nitrogens with one attached hydrogen (secondary N) is 1. The second kappa shape index (κ2) is 5.11. The lowest BCUT2D eigenvalue weighted by atomic mass is 10.2. The van der Waals surface area contributed by atoms with E-state index in [2.05, 4.69) is 10.4 Å². The van der Waals surface area contributed by atoms with Crippen LogP contribution in [-0.2, 0) is 4.74 Å². The number of amides is 1. The highest BCUT2D eigenvalue weighted by Crippen LogP contribution is 2.14. The van der Waals surface area contributed by atoms with Gasteiger partial charge in [-0.25, -0.2) is 4.98 Å². The van der Waals surface area contributed by atoms with Crippen LogP contribution in [0.4, 0.5) is 5.69 Å². The van der Waals surface area contributed by atoms with Gasteiger partial charge in [0.1, 0.15) is 5.69 Å². The van der Waals surface area contributed by atoms with Gasteiger partial charge in [0.05, 0.1) is 24.5 Å². The van der Waals surface area contributed by atoms with E-state index < -0.39 is 0 Å². The Morgan fingerprint density at radius 3 is 3.00 bits per heavy atom. The van der Waals surface area contributed by atoms with Crippen molar-refractivity contribution in [3.63, 3.8) is 0 Å². The molecule has 92 valence electrons. The fraction of sp³-hybridized carbons (Fsp3) is 0.455. The number of anilines is 1. The van der Waals surface area contributed by atoms with Gasteiger partial charge in [-0.15, -0.1) is 0 Å². The van der Waals surface area contributed by atoms with E-state index in [1.165, 1.54) is 6.20 Å². The zero-order valence-electron chi connectivity index (χ0n) is 9.72. The van der Waals surface area contributed by atoms with E-state index in [4.69, 9.17) is 10.6 Å². The maximum Gasteiger partial charge on any atom is 0.272 e. The molecule has 1 aliphatic rings. The van der Waals surface area contributed by atoms with E-state index in [9.17, 15) is 4.79 Å². The van der Waals surface area contributed by atoms with Crippen molar-refractivity contribution in [2.24, 2.45) is 5.84 Å². The van der Waals surface area contributed by atoms with E-state index in [0.717, 1.165) is 6.42 Å². The van der Waals surface area contributed by atoms with Crippen LogP contribution in [0.15, 0.2) is 18.3 Å². The highest BCUT2D eigenvalue weighted by molar-refractivity contribution is 5.92. The maximum atomic E-state index is 12.1. The standard InChI is InChI=1S/C11H16N4O2/c1-15(9-4-5-17-7-9)11(16)10-3-2-8(14-12)6-13-10/h2-3,6,9,14H,4-5,7,12H2,1H3. The Balaban J connectivity index is 2.07. The van der Waals surface area contributed by atoms with Crippen LogP contribution in [-0.4, -0.2) is 42.1 Å². The first-order valence-electron chi connectivity index (χ1n) is 5.50. The monoisotopic (exact) mass is 236 g/mol. The first-order valence-corrected chi connectivity index (χ1v) is 5.50. The molecule has 1 saturated heterocycles. The molecule has 0 saturated carbocycles. The summed E-state index contributed by atoms with van der Waals surface area (Å²) in [4.78, 5) is 17.8. The molecule has 0 bridgehead atoms. The fourth-order valence-electron chi connectivity index (χ4n) is 1.78. The van der Waals surface area contributed by atoms with E-state index in [1.807, 2.05) is 0 Å². The third kappa shape index (κ3) is 2.54. The number of nitrogen functional groups attached to an aromatic ring is 1. The van der Waals surface area contributed by atoms with Crippen molar-refractivity contribution < 1.29 is 9.53 Å².